The Morgan fingerprint density at radius 1 is 1.44 bits per heavy atom. The summed E-state index contributed by atoms with van der Waals surface area (Å²) in [6.45, 7) is 0. The molecule has 1 atom stereocenters. The summed E-state index contributed by atoms with van der Waals surface area (Å²) in [6.07, 6.45) is 6.65. The maximum Gasteiger partial charge on any atom is 0.0837 e. The molecule has 0 saturated carbocycles. The highest BCUT2D eigenvalue weighted by atomic mass is 35.5. The number of rotatable bonds is 2. The molecule has 0 saturated heterocycles. The molecule has 0 radical (unpaired) electrons. The second kappa shape index (κ2) is 4.68. The van der Waals surface area contributed by atoms with Crippen molar-refractivity contribution in [3.63, 3.8) is 0 Å². The van der Waals surface area contributed by atoms with Gasteiger partial charge in [0.25, 0.3) is 0 Å². The first-order valence-electron chi connectivity index (χ1n) is 6.21. The zero-order valence-corrected chi connectivity index (χ0v) is 11.9. The molecule has 1 aliphatic carbocycles. The fraction of sp³-hybridized carbons (Fsp3) is 0.462. The van der Waals surface area contributed by atoms with Crippen LogP contribution in [0.15, 0.2) is 12.3 Å². The van der Waals surface area contributed by atoms with Crippen molar-refractivity contribution < 1.29 is 0 Å². The van der Waals surface area contributed by atoms with Crippen molar-refractivity contribution in [2.75, 3.05) is 0 Å². The van der Waals surface area contributed by atoms with Crippen LogP contribution in [0.4, 0.5) is 0 Å². The molecule has 96 valence electrons. The van der Waals surface area contributed by atoms with Gasteiger partial charge in [-0.2, -0.15) is 5.10 Å². The highest BCUT2D eigenvalue weighted by Gasteiger charge is 2.21. The third-order valence-corrected chi connectivity index (χ3v) is 5.17. The van der Waals surface area contributed by atoms with Gasteiger partial charge in [-0.25, -0.2) is 0 Å². The minimum atomic E-state index is -0.166. The van der Waals surface area contributed by atoms with Crippen molar-refractivity contribution in [2.24, 2.45) is 12.8 Å². The van der Waals surface area contributed by atoms with Gasteiger partial charge in [0, 0.05) is 16.8 Å². The van der Waals surface area contributed by atoms with E-state index in [1.165, 1.54) is 41.0 Å². The normalized spacial score (nSPS) is 16.6. The van der Waals surface area contributed by atoms with Crippen LogP contribution >= 0.6 is 22.9 Å². The van der Waals surface area contributed by atoms with Crippen LogP contribution in [0.1, 0.15) is 39.9 Å². The number of aromatic nitrogens is 2. The summed E-state index contributed by atoms with van der Waals surface area (Å²) in [4.78, 5) is 2.71. The third kappa shape index (κ3) is 1.98. The van der Waals surface area contributed by atoms with E-state index in [1.54, 1.807) is 10.9 Å². The van der Waals surface area contributed by atoms with Crippen molar-refractivity contribution in [1.82, 2.24) is 9.78 Å². The van der Waals surface area contributed by atoms with Crippen molar-refractivity contribution in [3.8, 4) is 0 Å². The molecule has 0 aliphatic heterocycles. The maximum absolute atomic E-state index is 6.34. The molecular weight excluding hydrogens is 266 g/mol. The van der Waals surface area contributed by atoms with E-state index in [0.29, 0.717) is 5.02 Å². The molecule has 1 unspecified atom stereocenters. The average Bonchev–Trinajstić information content (AvgIpc) is 2.92. The Hall–Kier alpha value is -0.840. The molecule has 2 N–H and O–H groups in total. The maximum atomic E-state index is 6.34. The molecule has 2 aromatic heterocycles. The van der Waals surface area contributed by atoms with E-state index in [4.69, 9.17) is 17.3 Å². The molecule has 1 aliphatic rings. The molecule has 3 rings (SSSR count). The van der Waals surface area contributed by atoms with Gasteiger partial charge in [-0.1, -0.05) is 11.6 Å². The Morgan fingerprint density at radius 2 is 2.22 bits per heavy atom. The molecule has 0 spiro atoms. The average molecular weight is 282 g/mol. The molecule has 0 amide bonds. The molecule has 2 aromatic rings. The fourth-order valence-corrected chi connectivity index (χ4v) is 4.12. The molecule has 18 heavy (non-hydrogen) atoms. The summed E-state index contributed by atoms with van der Waals surface area (Å²) in [5.74, 6) is 0. The van der Waals surface area contributed by atoms with Crippen LogP contribution in [0.5, 0.6) is 0 Å². The quantitative estimate of drug-likeness (QED) is 0.919. The number of hydrogen-bond donors (Lipinski definition) is 1. The lowest BCUT2D eigenvalue weighted by molar-refractivity contribution is 0.677. The Labute approximate surface area is 116 Å². The number of halogens is 1. The zero-order chi connectivity index (χ0) is 12.7. The lowest BCUT2D eigenvalue weighted by Crippen LogP contribution is -2.15. The van der Waals surface area contributed by atoms with Gasteiger partial charge in [0.2, 0.25) is 0 Å². The summed E-state index contributed by atoms with van der Waals surface area (Å²) in [5, 5.41) is 4.80. The van der Waals surface area contributed by atoms with Crippen LogP contribution in [-0.2, 0) is 19.9 Å². The molecule has 0 fully saturated rings. The molecule has 5 heteroatoms. The van der Waals surface area contributed by atoms with Gasteiger partial charge in [0.05, 0.1) is 23.0 Å². The summed E-state index contributed by atoms with van der Waals surface area (Å²) in [5.41, 5.74) is 8.72. The van der Waals surface area contributed by atoms with E-state index in [9.17, 15) is 0 Å². The van der Waals surface area contributed by atoms with E-state index in [-0.39, 0.29) is 6.04 Å². The second-order valence-corrected chi connectivity index (χ2v) is 6.36. The Morgan fingerprint density at radius 3 is 2.89 bits per heavy atom. The van der Waals surface area contributed by atoms with E-state index in [2.05, 4.69) is 11.2 Å². The van der Waals surface area contributed by atoms with Crippen LogP contribution < -0.4 is 5.73 Å². The number of nitrogens with zero attached hydrogens (tertiary/aromatic N) is 2. The van der Waals surface area contributed by atoms with E-state index >= 15 is 0 Å². The SMILES string of the molecule is Cn1ncc(Cl)c1C(N)c1cc2c(s1)CCCC2. The lowest BCUT2D eigenvalue weighted by Gasteiger charge is -2.10. The van der Waals surface area contributed by atoms with E-state index in [0.717, 1.165) is 5.69 Å². The van der Waals surface area contributed by atoms with Crippen LogP contribution in [0.25, 0.3) is 0 Å². The summed E-state index contributed by atoms with van der Waals surface area (Å²) in [6, 6.07) is 2.09. The van der Waals surface area contributed by atoms with Crippen LogP contribution in [0.2, 0.25) is 5.02 Å². The predicted octanol–water partition coefficient (Wildman–Crippen LogP) is 3.06. The molecule has 0 bridgehead atoms. The second-order valence-electron chi connectivity index (χ2n) is 4.78. The minimum absolute atomic E-state index is 0.166. The Bertz CT molecular complexity index is 530. The van der Waals surface area contributed by atoms with E-state index in [1.807, 2.05) is 18.4 Å². The molecule has 0 aromatic carbocycles. The molecule has 2 heterocycles. The number of thiophene rings is 1. The van der Waals surface area contributed by atoms with Gasteiger partial charge in [0.1, 0.15) is 0 Å². The minimum Gasteiger partial charge on any atom is -0.318 e. The standard InChI is InChI=1S/C13H16ClN3S/c1-17-13(9(14)7-16-17)12(15)11-6-8-4-2-3-5-10(8)18-11/h6-7,12H,2-5,15H2,1H3. The summed E-state index contributed by atoms with van der Waals surface area (Å²) < 4.78 is 1.77. The topological polar surface area (TPSA) is 43.8 Å². The first-order chi connectivity index (χ1) is 8.66. The number of fused-ring (bicyclic) bond motifs is 1. The zero-order valence-electron chi connectivity index (χ0n) is 10.3. The van der Waals surface area contributed by atoms with Gasteiger partial charge in [-0.15, -0.1) is 11.3 Å². The first-order valence-corrected chi connectivity index (χ1v) is 7.40. The fourth-order valence-electron chi connectivity index (χ4n) is 2.57. The highest BCUT2D eigenvalue weighted by molar-refractivity contribution is 7.12. The summed E-state index contributed by atoms with van der Waals surface area (Å²) in [7, 11) is 1.88. The van der Waals surface area contributed by atoms with Crippen LogP contribution in [0.3, 0.4) is 0 Å². The predicted molar refractivity (Wildman–Crippen MR) is 75.2 cm³/mol. The molecule has 3 nitrogen and oxygen atoms in total. The third-order valence-electron chi connectivity index (χ3n) is 3.55. The smallest absolute Gasteiger partial charge is 0.0837 e. The van der Waals surface area contributed by atoms with Crippen molar-refractivity contribution in [1.29, 1.82) is 0 Å². The van der Waals surface area contributed by atoms with Gasteiger partial charge < -0.3 is 5.73 Å². The monoisotopic (exact) mass is 281 g/mol. The summed E-state index contributed by atoms with van der Waals surface area (Å²) >= 11 is 7.99. The molecular formula is C13H16ClN3S. The van der Waals surface area contributed by atoms with Crippen molar-refractivity contribution in [3.05, 3.63) is 38.3 Å². The highest BCUT2D eigenvalue weighted by Crippen LogP contribution is 2.35. The van der Waals surface area contributed by atoms with Crippen LogP contribution in [0, 0.1) is 0 Å². The van der Waals surface area contributed by atoms with Crippen LogP contribution in [-0.4, -0.2) is 9.78 Å². The van der Waals surface area contributed by atoms with Gasteiger partial charge >= 0.3 is 0 Å². The van der Waals surface area contributed by atoms with Gasteiger partial charge in [0.15, 0.2) is 0 Å². The van der Waals surface area contributed by atoms with Gasteiger partial charge in [-0.05, 0) is 37.3 Å². The number of hydrogen-bond acceptors (Lipinski definition) is 3. The van der Waals surface area contributed by atoms with E-state index < -0.39 is 0 Å². The Balaban J connectivity index is 1.97. The van der Waals surface area contributed by atoms with Crippen molar-refractivity contribution >= 4 is 22.9 Å². The Kier molecular flexibility index (Phi) is 3.18. The first kappa shape index (κ1) is 12.2. The lowest BCUT2D eigenvalue weighted by atomic mass is 9.98. The number of nitrogens with two attached hydrogens (primary N) is 1. The largest absolute Gasteiger partial charge is 0.318 e. The van der Waals surface area contributed by atoms with Gasteiger partial charge in [-0.3, -0.25) is 4.68 Å². The number of aryl methyl sites for hydroxylation is 3. The van der Waals surface area contributed by atoms with Crippen molar-refractivity contribution in [2.45, 2.75) is 31.7 Å².